The molecule has 0 amide bonds. The Morgan fingerprint density at radius 1 is 1.30 bits per heavy atom. The molecule has 0 saturated carbocycles. The van der Waals surface area contributed by atoms with Gasteiger partial charge in [-0.1, -0.05) is 37.3 Å². The van der Waals surface area contributed by atoms with Gasteiger partial charge in [0.15, 0.2) is 5.96 Å². The number of guanidine groups is 1. The van der Waals surface area contributed by atoms with Crippen LogP contribution in [0.2, 0.25) is 0 Å². The molecule has 0 radical (unpaired) electrons. The molecule has 1 aromatic carbocycles. The van der Waals surface area contributed by atoms with Gasteiger partial charge in [0.25, 0.3) is 0 Å². The van der Waals surface area contributed by atoms with Crippen molar-refractivity contribution in [2.75, 3.05) is 32.7 Å². The molecule has 4 nitrogen and oxygen atoms in total. The van der Waals surface area contributed by atoms with Crippen molar-refractivity contribution >= 4 is 5.96 Å². The minimum Gasteiger partial charge on any atom is -0.357 e. The smallest absolute Gasteiger partial charge is 0.191 e. The standard InChI is InChI=1S/C19H32N4/c1-4-20-19(22-16(3)18-11-7-6-8-12-18)21-14-17-10-9-13-23(5-2)15-17/h6-8,11-12,16-17H,4-5,9-10,13-15H2,1-3H3,(H2,20,21,22). The molecule has 0 spiro atoms. The van der Waals surface area contributed by atoms with Gasteiger partial charge in [0.1, 0.15) is 0 Å². The monoisotopic (exact) mass is 316 g/mol. The first kappa shape index (κ1) is 17.8. The van der Waals surface area contributed by atoms with Crippen molar-refractivity contribution in [1.82, 2.24) is 15.5 Å². The third-order valence-corrected chi connectivity index (χ3v) is 4.55. The van der Waals surface area contributed by atoms with E-state index < -0.39 is 0 Å². The van der Waals surface area contributed by atoms with E-state index in [0.717, 1.165) is 25.6 Å². The Bertz CT molecular complexity index is 472. The molecule has 1 fully saturated rings. The van der Waals surface area contributed by atoms with Gasteiger partial charge in [-0.25, -0.2) is 0 Å². The molecule has 2 rings (SSSR count). The zero-order valence-electron chi connectivity index (χ0n) is 14.9. The molecule has 1 aliphatic heterocycles. The Kier molecular flexibility index (Phi) is 7.40. The van der Waals surface area contributed by atoms with Gasteiger partial charge < -0.3 is 15.5 Å². The van der Waals surface area contributed by atoms with Crippen LogP contribution in [0.4, 0.5) is 0 Å². The van der Waals surface area contributed by atoms with E-state index in [1.807, 2.05) is 0 Å². The van der Waals surface area contributed by atoms with Crippen molar-refractivity contribution in [2.24, 2.45) is 10.9 Å². The molecule has 0 aliphatic carbocycles. The van der Waals surface area contributed by atoms with Crippen molar-refractivity contribution in [3.63, 3.8) is 0 Å². The van der Waals surface area contributed by atoms with Crippen LogP contribution < -0.4 is 10.6 Å². The van der Waals surface area contributed by atoms with E-state index >= 15 is 0 Å². The van der Waals surface area contributed by atoms with Crippen LogP contribution >= 0.6 is 0 Å². The molecule has 1 aliphatic rings. The highest BCUT2D eigenvalue weighted by Gasteiger charge is 2.18. The average Bonchev–Trinajstić information content (AvgIpc) is 2.60. The van der Waals surface area contributed by atoms with Crippen LogP contribution in [0, 0.1) is 5.92 Å². The lowest BCUT2D eigenvalue weighted by Gasteiger charge is -2.31. The number of nitrogens with one attached hydrogen (secondary N) is 2. The lowest BCUT2D eigenvalue weighted by atomic mass is 9.98. The molecule has 4 heteroatoms. The maximum absolute atomic E-state index is 4.84. The first-order valence-electron chi connectivity index (χ1n) is 9.05. The summed E-state index contributed by atoms with van der Waals surface area (Å²) in [5, 5.41) is 6.90. The SMILES string of the molecule is CCNC(=NCC1CCCN(CC)C1)NC(C)c1ccccc1. The number of likely N-dealkylation sites (tertiary alicyclic amines) is 1. The largest absolute Gasteiger partial charge is 0.357 e. The highest BCUT2D eigenvalue weighted by Crippen LogP contribution is 2.16. The van der Waals surface area contributed by atoms with Gasteiger partial charge in [0.05, 0.1) is 6.04 Å². The highest BCUT2D eigenvalue weighted by atomic mass is 15.2. The molecule has 0 aromatic heterocycles. The predicted octanol–water partition coefficient (Wildman–Crippen LogP) is 3.03. The Morgan fingerprint density at radius 2 is 2.09 bits per heavy atom. The Morgan fingerprint density at radius 3 is 2.78 bits per heavy atom. The predicted molar refractivity (Wildman–Crippen MR) is 98.8 cm³/mol. The van der Waals surface area contributed by atoms with E-state index in [1.165, 1.54) is 31.5 Å². The molecule has 1 aromatic rings. The molecule has 1 saturated heterocycles. The first-order chi connectivity index (χ1) is 11.2. The number of nitrogens with zero attached hydrogens (tertiary/aromatic N) is 2. The Hall–Kier alpha value is -1.55. The molecule has 0 bridgehead atoms. The zero-order valence-corrected chi connectivity index (χ0v) is 14.9. The van der Waals surface area contributed by atoms with Crippen molar-refractivity contribution in [3.05, 3.63) is 35.9 Å². The Balaban J connectivity index is 1.91. The lowest BCUT2D eigenvalue weighted by molar-refractivity contribution is 0.186. The fourth-order valence-electron chi connectivity index (χ4n) is 3.16. The van der Waals surface area contributed by atoms with Gasteiger partial charge in [-0.05, 0) is 51.3 Å². The maximum Gasteiger partial charge on any atom is 0.191 e. The summed E-state index contributed by atoms with van der Waals surface area (Å²) < 4.78 is 0. The molecule has 2 N–H and O–H groups in total. The number of hydrogen-bond acceptors (Lipinski definition) is 2. The average molecular weight is 316 g/mol. The van der Waals surface area contributed by atoms with E-state index in [-0.39, 0.29) is 6.04 Å². The van der Waals surface area contributed by atoms with Crippen molar-refractivity contribution < 1.29 is 0 Å². The van der Waals surface area contributed by atoms with E-state index in [2.05, 4.69) is 66.6 Å². The summed E-state index contributed by atoms with van der Waals surface area (Å²) in [6.45, 7) is 11.9. The van der Waals surface area contributed by atoms with Gasteiger partial charge in [0.2, 0.25) is 0 Å². The second-order valence-corrected chi connectivity index (χ2v) is 6.40. The molecule has 1 heterocycles. The third-order valence-electron chi connectivity index (χ3n) is 4.55. The number of rotatable bonds is 6. The normalized spacial score (nSPS) is 21.0. The minimum atomic E-state index is 0.257. The fourth-order valence-corrected chi connectivity index (χ4v) is 3.16. The zero-order chi connectivity index (χ0) is 16.5. The molecular weight excluding hydrogens is 284 g/mol. The number of benzene rings is 1. The summed E-state index contributed by atoms with van der Waals surface area (Å²) in [4.78, 5) is 7.38. The van der Waals surface area contributed by atoms with Crippen LogP contribution in [-0.4, -0.2) is 43.6 Å². The number of piperidine rings is 1. The number of aliphatic imine (C=N–C) groups is 1. The summed E-state index contributed by atoms with van der Waals surface area (Å²) in [5.41, 5.74) is 1.29. The van der Waals surface area contributed by atoms with Crippen LogP contribution in [-0.2, 0) is 0 Å². The minimum absolute atomic E-state index is 0.257. The van der Waals surface area contributed by atoms with Gasteiger partial charge in [-0.3, -0.25) is 4.99 Å². The van der Waals surface area contributed by atoms with E-state index in [1.54, 1.807) is 0 Å². The molecule has 2 atom stereocenters. The van der Waals surface area contributed by atoms with E-state index in [4.69, 9.17) is 4.99 Å². The second kappa shape index (κ2) is 9.56. The summed E-state index contributed by atoms with van der Waals surface area (Å²) in [6, 6.07) is 10.8. The quantitative estimate of drug-likeness (QED) is 0.626. The van der Waals surface area contributed by atoms with Gasteiger partial charge in [-0.15, -0.1) is 0 Å². The van der Waals surface area contributed by atoms with Crippen LogP contribution in [0.25, 0.3) is 0 Å². The van der Waals surface area contributed by atoms with Gasteiger partial charge in [0, 0.05) is 19.6 Å². The highest BCUT2D eigenvalue weighted by molar-refractivity contribution is 5.80. The molecule has 23 heavy (non-hydrogen) atoms. The third kappa shape index (κ3) is 5.87. The summed E-state index contributed by atoms with van der Waals surface area (Å²) in [6.07, 6.45) is 2.60. The Labute approximate surface area is 141 Å². The van der Waals surface area contributed by atoms with Crippen molar-refractivity contribution in [2.45, 2.75) is 39.7 Å². The molecule has 2 unspecified atom stereocenters. The van der Waals surface area contributed by atoms with Crippen LogP contribution in [0.5, 0.6) is 0 Å². The molecular formula is C19H32N4. The first-order valence-corrected chi connectivity index (χ1v) is 9.05. The van der Waals surface area contributed by atoms with E-state index in [9.17, 15) is 0 Å². The second-order valence-electron chi connectivity index (χ2n) is 6.40. The summed E-state index contributed by atoms with van der Waals surface area (Å²) in [5.74, 6) is 1.61. The summed E-state index contributed by atoms with van der Waals surface area (Å²) >= 11 is 0. The lowest BCUT2D eigenvalue weighted by Crippen LogP contribution is -2.40. The summed E-state index contributed by atoms with van der Waals surface area (Å²) in [7, 11) is 0. The van der Waals surface area contributed by atoms with Crippen molar-refractivity contribution in [3.8, 4) is 0 Å². The van der Waals surface area contributed by atoms with Crippen molar-refractivity contribution in [1.29, 1.82) is 0 Å². The van der Waals surface area contributed by atoms with Gasteiger partial charge >= 0.3 is 0 Å². The maximum atomic E-state index is 4.84. The van der Waals surface area contributed by atoms with Crippen LogP contribution in [0.3, 0.4) is 0 Å². The molecule has 128 valence electrons. The fraction of sp³-hybridized carbons (Fsp3) is 0.632. The van der Waals surface area contributed by atoms with Gasteiger partial charge in [-0.2, -0.15) is 0 Å². The topological polar surface area (TPSA) is 39.7 Å². The van der Waals surface area contributed by atoms with Crippen LogP contribution in [0.15, 0.2) is 35.3 Å². The van der Waals surface area contributed by atoms with E-state index in [0.29, 0.717) is 5.92 Å². The number of hydrogen-bond donors (Lipinski definition) is 2. The van der Waals surface area contributed by atoms with Crippen LogP contribution in [0.1, 0.15) is 45.2 Å².